The predicted molar refractivity (Wildman–Crippen MR) is 104 cm³/mol. The van der Waals surface area contributed by atoms with E-state index in [1.807, 2.05) is 13.8 Å². The van der Waals surface area contributed by atoms with Crippen molar-refractivity contribution in [2.24, 2.45) is 5.92 Å². The molecule has 2 saturated heterocycles. The van der Waals surface area contributed by atoms with E-state index in [0.717, 1.165) is 12.8 Å². The Hall–Kier alpha value is -1.97. The lowest BCUT2D eigenvalue weighted by Gasteiger charge is -2.20. The average Bonchev–Trinajstić information content (AvgIpc) is 3.30. The summed E-state index contributed by atoms with van der Waals surface area (Å²) in [5.74, 6) is -0.649. The number of amides is 2. The van der Waals surface area contributed by atoms with Crippen LogP contribution >= 0.6 is 0 Å². The number of benzene rings is 1. The molecule has 2 heterocycles. The van der Waals surface area contributed by atoms with Gasteiger partial charge in [0.2, 0.25) is 21.8 Å². The van der Waals surface area contributed by atoms with Gasteiger partial charge in [0.05, 0.1) is 16.9 Å². The normalized spacial score (nSPS) is 22.8. The summed E-state index contributed by atoms with van der Waals surface area (Å²) in [5, 5.41) is 2.77. The molecule has 0 unspecified atom stereocenters. The first kappa shape index (κ1) is 20.8. The Morgan fingerprint density at radius 3 is 2.57 bits per heavy atom. The molecule has 0 aromatic heterocycles. The molecule has 2 N–H and O–H groups in total. The third-order valence-corrected chi connectivity index (χ3v) is 6.55. The minimum atomic E-state index is -3.63. The summed E-state index contributed by atoms with van der Waals surface area (Å²) in [5.41, 5.74) is 0.499. The molecular weight excluding hydrogens is 382 g/mol. The standard InChI is InChI=1S/C19H27N3O5S/c1-13(2)22-12-14(10-18(22)23)19(24)21-15-5-7-17(8-6-15)28(25,26)20-11-16-4-3-9-27-16/h5-8,13-14,16,20H,3-4,9-12H2,1-2H3,(H,21,24)/t14-,16+/m0/s1. The van der Waals surface area contributed by atoms with Crippen LogP contribution in [0.5, 0.6) is 0 Å². The summed E-state index contributed by atoms with van der Waals surface area (Å²) >= 11 is 0. The molecule has 0 aliphatic carbocycles. The molecule has 28 heavy (non-hydrogen) atoms. The number of rotatable bonds is 7. The van der Waals surface area contributed by atoms with Gasteiger partial charge >= 0.3 is 0 Å². The quantitative estimate of drug-likeness (QED) is 0.707. The number of anilines is 1. The highest BCUT2D eigenvalue weighted by molar-refractivity contribution is 7.89. The van der Waals surface area contributed by atoms with E-state index >= 15 is 0 Å². The molecule has 2 aliphatic rings. The van der Waals surface area contributed by atoms with Gasteiger partial charge in [-0.1, -0.05) is 0 Å². The van der Waals surface area contributed by atoms with Crippen LogP contribution < -0.4 is 10.0 Å². The Morgan fingerprint density at radius 1 is 1.29 bits per heavy atom. The lowest BCUT2D eigenvalue weighted by atomic mass is 10.1. The summed E-state index contributed by atoms with van der Waals surface area (Å²) in [4.78, 5) is 26.2. The van der Waals surface area contributed by atoms with Crippen molar-refractivity contribution in [1.82, 2.24) is 9.62 Å². The van der Waals surface area contributed by atoms with Crippen LogP contribution in [-0.2, 0) is 24.3 Å². The first-order valence-electron chi connectivity index (χ1n) is 9.58. The molecule has 0 spiro atoms. The molecule has 2 fully saturated rings. The van der Waals surface area contributed by atoms with E-state index in [1.54, 1.807) is 17.0 Å². The van der Waals surface area contributed by atoms with Crippen molar-refractivity contribution < 1.29 is 22.7 Å². The summed E-state index contributed by atoms with van der Waals surface area (Å²) in [7, 11) is -3.63. The number of hydrogen-bond donors (Lipinski definition) is 2. The molecule has 0 saturated carbocycles. The Bertz CT molecular complexity index is 816. The van der Waals surface area contributed by atoms with Crippen molar-refractivity contribution in [3.63, 3.8) is 0 Å². The number of hydrogen-bond acceptors (Lipinski definition) is 5. The minimum Gasteiger partial charge on any atom is -0.377 e. The Labute approximate surface area is 165 Å². The number of ether oxygens (including phenoxy) is 1. The van der Waals surface area contributed by atoms with Gasteiger partial charge in [-0.05, 0) is 51.0 Å². The maximum Gasteiger partial charge on any atom is 0.240 e. The van der Waals surface area contributed by atoms with Crippen molar-refractivity contribution in [3.05, 3.63) is 24.3 Å². The van der Waals surface area contributed by atoms with Crippen LogP contribution in [0, 0.1) is 5.92 Å². The lowest BCUT2D eigenvalue weighted by Crippen LogP contribution is -2.33. The highest BCUT2D eigenvalue weighted by Crippen LogP contribution is 2.22. The van der Waals surface area contributed by atoms with E-state index < -0.39 is 15.9 Å². The topological polar surface area (TPSA) is 105 Å². The number of carbonyl (C=O) groups is 2. The zero-order chi connectivity index (χ0) is 20.3. The van der Waals surface area contributed by atoms with Gasteiger partial charge in [-0.3, -0.25) is 9.59 Å². The number of nitrogens with one attached hydrogen (secondary N) is 2. The maximum atomic E-state index is 12.4. The summed E-state index contributed by atoms with van der Waals surface area (Å²) in [6.45, 7) is 5.17. The molecule has 1 aromatic carbocycles. The van der Waals surface area contributed by atoms with E-state index in [4.69, 9.17) is 4.74 Å². The zero-order valence-corrected chi connectivity index (χ0v) is 17.0. The van der Waals surface area contributed by atoms with E-state index in [2.05, 4.69) is 10.0 Å². The van der Waals surface area contributed by atoms with Crippen LogP contribution in [0.25, 0.3) is 0 Å². The predicted octanol–water partition coefficient (Wildman–Crippen LogP) is 1.34. The Kier molecular flexibility index (Phi) is 6.36. The molecule has 2 aliphatic heterocycles. The fourth-order valence-corrected chi connectivity index (χ4v) is 4.53. The third-order valence-electron chi connectivity index (χ3n) is 5.11. The van der Waals surface area contributed by atoms with Crippen LogP contribution in [0.3, 0.4) is 0 Å². The van der Waals surface area contributed by atoms with Gasteiger partial charge in [-0.15, -0.1) is 0 Å². The molecule has 2 atom stereocenters. The fourth-order valence-electron chi connectivity index (χ4n) is 3.46. The van der Waals surface area contributed by atoms with Gasteiger partial charge in [-0.25, -0.2) is 13.1 Å². The van der Waals surface area contributed by atoms with Crippen LogP contribution in [-0.4, -0.2) is 57.0 Å². The second-order valence-corrected chi connectivity index (χ2v) is 9.31. The summed E-state index contributed by atoms with van der Waals surface area (Å²) in [6, 6.07) is 6.07. The molecule has 1 aromatic rings. The van der Waals surface area contributed by atoms with Crippen LogP contribution in [0.1, 0.15) is 33.1 Å². The number of nitrogens with zero attached hydrogens (tertiary/aromatic N) is 1. The smallest absolute Gasteiger partial charge is 0.240 e. The molecular formula is C19H27N3O5S. The van der Waals surface area contributed by atoms with Crippen molar-refractivity contribution in [2.75, 3.05) is 25.0 Å². The monoisotopic (exact) mass is 409 g/mol. The molecule has 0 radical (unpaired) electrons. The van der Waals surface area contributed by atoms with Gasteiger partial charge in [0.1, 0.15) is 0 Å². The van der Waals surface area contributed by atoms with Gasteiger partial charge in [0.15, 0.2) is 0 Å². The fraction of sp³-hybridized carbons (Fsp3) is 0.579. The van der Waals surface area contributed by atoms with Gasteiger partial charge < -0.3 is 15.0 Å². The lowest BCUT2D eigenvalue weighted by molar-refractivity contribution is -0.129. The van der Waals surface area contributed by atoms with E-state index in [1.165, 1.54) is 12.1 Å². The van der Waals surface area contributed by atoms with Crippen LogP contribution in [0.2, 0.25) is 0 Å². The molecule has 154 valence electrons. The van der Waals surface area contributed by atoms with E-state index in [9.17, 15) is 18.0 Å². The van der Waals surface area contributed by atoms with Crippen molar-refractivity contribution >= 4 is 27.5 Å². The first-order valence-corrected chi connectivity index (χ1v) is 11.1. The Balaban J connectivity index is 1.56. The highest BCUT2D eigenvalue weighted by atomic mass is 32.2. The van der Waals surface area contributed by atoms with Gasteiger partial charge in [0, 0.05) is 37.8 Å². The molecule has 3 rings (SSSR count). The number of likely N-dealkylation sites (tertiary alicyclic amines) is 1. The maximum absolute atomic E-state index is 12.4. The third kappa shape index (κ3) is 4.89. The minimum absolute atomic E-state index is 0.0195. The van der Waals surface area contributed by atoms with Crippen LogP contribution in [0.15, 0.2) is 29.2 Å². The zero-order valence-electron chi connectivity index (χ0n) is 16.2. The van der Waals surface area contributed by atoms with E-state index in [-0.39, 0.29) is 41.8 Å². The molecule has 2 amide bonds. The van der Waals surface area contributed by atoms with Gasteiger partial charge in [0.25, 0.3) is 0 Å². The second kappa shape index (κ2) is 8.59. The van der Waals surface area contributed by atoms with Crippen LogP contribution in [0.4, 0.5) is 5.69 Å². The largest absolute Gasteiger partial charge is 0.377 e. The van der Waals surface area contributed by atoms with Crippen molar-refractivity contribution in [2.45, 2.75) is 50.2 Å². The van der Waals surface area contributed by atoms with Crippen molar-refractivity contribution in [1.29, 1.82) is 0 Å². The molecule has 8 nitrogen and oxygen atoms in total. The second-order valence-electron chi connectivity index (χ2n) is 7.54. The highest BCUT2D eigenvalue weighted by Gasteiger charge is 2.35. The number of sulfonamides is 1. The summed E-state index contributed by atoms with van der Waals surface area (Å²) in [6.07, 6.45) is 1.92. The van der Waals surface area contributed by atoms with E-state index in [0.29, 0.717) is 18.8 Å². The SMILES string of the molecule is CC(C)N1C[C@@H](C(=O)Nc2ccc(S(=O)(=O)NC[C@H]3CCCO3)cc2)CC1=O. The number of carbonyl (C=O) groups excluding carboxylic acids is 2. The Morgan fingerprint density at radius 2 is 2.00 bits per heavy atom. The van der Waals surface area contributed by atoms with Gasteiger partial charge in [-0.2, -0.15) is 0 Å². The summed E-state index contributed by atoms with van der Waals surface area (Å²) < 4.78 is 32.7. The average molecular weight is 410 g/mol. The van der Waals surface area contributed by atoms with Crippen molar-refractivity contribution in [3.8, 4) is 0 Å². The molecule has 9 heteroatoms. The first-order chi connectivity index (χ1) is 13.3. The molecule has 0 bridgehead atoms.